The molecular formula is C14H20F3NO2. The number of alkyl halides is 3. The van der Waals surface area contributed by atoms with Crippen molar-refractivity contribution < 1.29 is 22.6 Å². The molecule has 0 spiro atoms. The van der Waals surface area contributed by atoms with Crippen LogP contribution in [0.3, 0.4) is 0 Å². The summed E-state index contributed by atoms with van der Waals surface area (Å²) in [4.78, 5) is 0. The van der Waals surface area contributed by atoms with E-state index in [9.17, 15) is 13.2 Å². The topological polar surface area (TPSA) is 30.5 Å². The Morgan fingerprint density at radius 3 is 1.90 bits per heavy atom. The standard InChI is InChI=1S/C14H20F3NO2/c1-4-13(3,10-18-5-2)19-11-6-8-12(9-7-11)20-14(15,16)17/h6-9,18H,4-5,10H2,1-3H3. The molecule has 1 atom stereocenters. The highest BCUT2D eigenvalue weighted by Crippen LogP contribution is 2.27. The Morgan fingerprint density at radius 2 is 1.50 bits per heavy atom. The van der Waals surface area contributed by atoms with E-state index in [1.54, 1.807) is 0 Å². The predicted molar refractivity (Wildman–Crippen MR) is 71.0 cm³/mol. The lowest BCUT2D eigenvalue weighted by Gasteiger charge is -2.30. The van der Waals surface area contributed by atoms with E-state index in [0.717, 1.165) is 13.0 Å². The van der Waals surface area contributed by atoms with E-state index in [4.69, 9.17) is 4.74 Å². The maximum absolute atomic E-state index is 12.0. The van der Waals surface area contributed by atoms with E-state index in [1.807, 2.05) is 20.8 Å². The minimum atomic E-state index is -4.68. The molecule has 0 aliphatic rings. The Hall–Kier alpha value is -1.43. The molecule has 114 valence electrons. The van der Waals surface area contributed by atoms with Crippen molar-refractivity contribution in [2.75, 3.05) is 13.1 Å². The van der Waals surface area contributed by atoms with Gasteiger partial charge in [0.05, 0.1) is 0 Å². The molecule has 1 aromatic carbocycles. The quantitative estimate of drug-likeness (QED) is 0.830. The second kappa shape index (κ2) is 6.83. The zero-order valence-electron chi connectivity index (χ0n) is 11.9. The van der Waals surface area contributed by atoms with Crippen LogP contribution >= 0.6 is 0 Å². The second-order valence-electron chi connectivity index (χ2n) is 4.71. The highest BCUT2D eigenvalue weighted by molar-refractivity contribution is 5.31. The first-order chi connectivity index (χ1) is 9.28. The molecule has 0 bridgehead atoms. The lowest BCUT2D eigenvalue weighted by atomic mass is 10.0. The van der Waals surface area contributed by atoms with E-state index in [-0.39, 0.29) is 5.75 Å². The van der Waals surface area contributed by atoms with Gasteiger partial charge in [0, 0.05) is 6.54 Å². The van der Waals surface area contributed by atoms with Gasteiger partial charge in [-0.2, -0.15) is 0 Å². The maximum Gasteiger partial charge on any atom is 0.573 e. The van der Waals surface area contributed by atoms with E-state index >= 15 is 0 Å². The normalized spacial score (nSPS) is 14.7. The van der Waals surface area contributed by atoms with E-state index in [0.29, 0.717) is 12.3 Å². The molecule has 0 fully saturated rings. The summed E-state index contributed by atoms with van der Waals surface area (Å²) >= 11 is 0. The van der Waals surface area contributed by atoms with Gasteiger partial charge in [0.1, 0.15) is 17.1 Å². The molecule has 0 heterocycles. The Labute approximate surface area is 117 Å². The number of hydrogen-bond donors (Lipinski definition) is 1. The molecule has 1 N–H and O–H groups in total. The predicted octanol–water partition coefficient (Wildman–Crippen LogP) is 3.74. The summed E-state index contributed by atoms with van der Waals surface area (Å²) in [6.45, 7) is 7.45. The van der Waals surface area contributed by atoms with Gasteiger partial charge in [-0.15, -0.1) is 13.2 Å². The number of likely N-dealkylation sites (N-methyl/N-ethyl adjacent to an activating group) is 1. The van der Waals surface area contributed by atoms with Crippen molar-refractivity contribution in [3.05, 3.63) is 24.3 Å². The van der Waals surface area contributed by atoms with Gasteiger partial charge in [-0.1, -0.05) is 13.8 Å². The fraction of sp³-hybridized carbons (Fsp3) is 0.571. The average molecular weight is 291 g/mol. The van der Waals surface area contributed by atoms with Gasteiger partial charge in [-0.3, -0.25) is 0 Å². The van der Waals surface area contributed by atoms with Crippen LogP contribution in [0.2, 0.25) is 0 Å². The molecule has 1 unspecified atom stereocenters. The second-order valence-corrected chi connectivity index (χ2v) is 4.71. The Balaban J connectivity index is 2.68. The largest absolute Gasteiger partial charge is 0.573 e. The SMILES string of the molecule is CCNCC(C)(CC)Oc1ccc(OC(F)(F)F)cc1. The third-order valence-corrected chi connectivity index (χ3v) is 2.92. The molecule has 0 saturated carbocycles. The van der Waals surface area contributed by atoms with Crippen LogP contribution in [0.5, 0.6) is 11.5 Å². The van der Waals surface area contributed by atoms with Crippen molar-refractivity contribution in [3.63, 3.8) is 0 Å². The first-order valence-corrected chi connectivity index (χ1v) is 6.53. The highest BCUT2D eigenvalue weighted by atomic mass is 19.4. The van der Waals surface area contributed by atoms with Gasteiger partial charge in [-0.25, -0.2) is 0 Å². The molecule has 20 heavy (non-hydrogen) atoms. The smallest absolute Gasteiger partial charge is 0.486 e. The zero-order chi connectivity index (χ0) is 15.2. The fourth-order valence-corrected chi connectivity index (χ4v) is 1.62. The summed E-state index contributed by atoms with van der Waals surface area (Å²) in [5, 5.41) is 3.20. The van der Waals surface area contributed by atoms with Crippen LogP contribution in [0.15, 0.2) is 24.3 Å². The Kier molecular flexibility index (Phi) is 5.68. The van der Waals surface area contributed by atoms with E-state index < -0.39 is 12.0 Å². The fourth-order valence-electron chi connectivity index (χ4n) is 1.62. The molecule has 0 radical (unpaired) electrons. The number of benzene rings is 1. The first kappa shape index (κ1) is 16.6. The third kappa shape index (κ3) is 5.69. The van der Waals surface area contributed by atoms with Crippen molar-refractivity contribution >= 4 is 0 Å². The number of halogens is 3. The van der Waals surface area contributed by atoms with Gasteiger partial charge in [-0.05, 0) is 44.2 Å². The van der Waals surface area contributed by atoms with Gasteiger partial charge >= 0.3 is 6.36 Å². The molecule has 0 aliphatic carbocycles. The summed E-state index contributed by atoms with van der Waals surface area (Å²) in [7, 11) is 0. The number of ether oxygens (including phenoxy) is 2. The van der Waals surface area contributed by atoms with Crippen molar-refractivity contribution in [1.82, 2.24) is 5.32 Å². The van der Waals surface area contributed by atoms with Crippen LogP contribution in [-0.2, 0) is 0 Å². The number of nitrogens with one attached hydrogen (secondary N) is 1. The third-order valence-electron chi connectivity index (χ3n) is 2.92. The zero-order valence-corrected chi connectivity index (χ0v) is 11.9. The molecule has 0 amide bonds. The maximum atomic E-state index is 12.0. The van der Waals surface area contributed by atoms with Crippen LogP contribution in [0.25, 0.3) is 0 Å². The van der Waals surface area contributed by atoms with Crippen LogP contribution in [0.1, 0.15) is 27.2 Å². The van der Waals surface area contributed by atoms with Gasteiger partial charge in [0.2, 0.25) is 0 Å². The Bertz CT molecular complexity index is 406. The minimum absolute atomic E-state index is 0.255. The van der Waals surface area contributed by atoms with Crippen LogP contribution in [-0.4, -0.2) is 25.1 Å². The van der Waals surface area contributed by atoms with Gasteiger partial charge in [0.15, 0.2) is 0 Å². The van der Waals surface area contributed by atoms with Crippen LogP contribution < -0.4 is 14.8 Å². The Morgan fingerprint density at radius 1 is 1.00 bits per heavy atom. The number of hydrogen-bond acceptors (Lipinski definition) is 3. The van der Waals surface area contributed by atoms with Crippen LogP contribution in [0, 0.1) is 0 Å². The summed E-state index contributed by atoms with van der Waals surface area (Å²) < 4.78 is 45.8. The molecule has 0 aliphatic heterocycles. The molecular weight excluding hydrogens is 271 g/mol. The average Bonchev–Trinajstić information content (AvgIpc) is 2.37. The molecule has 0 saturated heterocycles. The summed E-state index contributed by atoms with van der Waals surface area (Å²) in [6, 6.07) is 5.43. The summed E-state index contributed by atoms with van der Waals surface area (Å²) in [5.74, 6) is 0.261. The molecule has 0 aromatic heterocycles. The van der Waals surface area contributed by atoms with E-state index in [1.165, 1.54) is 24.3 Å². The lowest BCUT2D eigenvalue weighted by molar-refractivity contribution is -0.274. The summed E-state index contributed by atoms with van der Waals surface area (Å²) in [6.07, 6.45) is -3.90. The molecule has 3 nitrogen and oxygen atoms in total. The molecule has 6 heteroatoms. The van der Waals surface area contributed by atoms with Crippen LogP contribution in [0.4, 0.5) is 13.2 Å². The molecule has 1 aromatic rings. The van der Waals surface area contributed by atoms with Crippen molar-refractivity contribution in [2.45, 2.75) is 39.2 Å². The first-order valence-electron chi connectivity index (χ1n) is 6.53. The van der Waals surface area contributed by atoms with Crippen molar-refractivity contribution in [1.29, 1.82) is 0 Å². The van der Waals surface area contributed by atoms with Gasteiger partial charge < -0.3 is 14.8 Å². The monoisotopic (exact) mass is 291 g/mol. The van der Waals surface area contributed by atoms with E-state index in [2.05, 4.69) is 10.1 Å². The molecule has 1 rings (SSSR count). The summed E-state index contributed by atoms with van der Waals surface area (Å²) in [5.41, 5.74) is -0.400. The van der Waals surface area contributed by atoms with Crippen molar-refractivity contribution in [2.24, 2.45) is 0 Å². The van der Waals surface area contributed by atoms with Crippen molar-refractivity contribution in [3.8, 4) is 11.5 Å². The lowest BCUT2D eigenvalue weighted by Crippen LogP contribution is -2.42. The highest BCUT2D eigenvalue weighted by Gasteiger charge is 2.31. The van der Waals surface area contributed by atoms with Gasteiger partial charge in [0.25, 0.3) is 0 Å². The minimum Gasteiger partial charge on any atom is -0.486 e. The number of rotatable bonds is 7.